The largest absolute Gasteiger partial charge is 0.417 e. The van der Waals surface area contributed by atoms with E-state index in [0.29, 0.717) is 0 Å². The Hall–Kier alpha value is 0.177. The summed E-state index contributed by atoms with van der Waals surface area (Å²) in [6.07, 6.45) is 7.87. The van der Waals surface area contributed by atoms with Crippen molar-refractivity contribution < 1.29 is 4.43 Å². The first-order valence-corrected chi connectivity index (χ1v) is 9.91. The Balaban J connectivity index is 4.32. The van der Waals surface area contributed by atoms with E-state index in [4.69, 9.17) is 4.43 Å². The first kappa shape index (κ1) is 16.2. The zero-order valence-electron chi connectivity index (χ0n) is 12.0. The van der Waals surface area contributed by atoms with E-state index in [-0.39, 0.29) is 0 Å². The minimum absolute atomic E-state index is 1.000. The lowest BCUT2D eigenvalue weighted by molar-refractivity contribution is 0.294. The summed E-state index contributed by atoms with van der Waals surface area (Å²) in [6, 6.07) is 4.18. The highest BCUT2D eigenvalue weighted by molar-refractivity contribution is 6.73. The van der Waals surface area contributed by atoms with Crippen LogP contribution in [0, 0.1) is 0 Å². The van der Waals surface area contributed by atoms with Gasteiger partial charge in [-0.05, 0) is 24.6 Å². The van der Waals surface area contributed by atoms with Gasteiger partial charge in [-0.15, -0.1) is 0 Å². The molecule has 0 rings (SSSR count). The fourth-order valence-electron chi connectivity index (χ4n) is 2.36. The van der Waals surface area contributed by atoms with Crippen LogP contribution in [-0.2, 0) is 4.43 Å². The third-order valence-corrected chi connectivity index (χ3v) is 8.05. The molecule has 98 valence electrons. The Labute approximate surface area is 104 Å². The van der Waals surface area contributed by atoms with Crippen molar-refractivity contribution in [1.82, 2.24) is 0 Å². The smallest absolute Gasteiger partial charge is 0.192 e. The normalized spacial score (nSPS) is 12.0. The second-order valence-corrected chi connectivity index (χ2v) is 9.14. The Morgan fingerprint density at radius 3 is 1.62 bits per heavy atom. The van der Waals surface area contributed by atoms with Crippen LogP contribution in [0.3, 0.4) is 0 Å². The highest BCUT2D eigenvalue weighted by atomic mass is 28.4. The van der Waals surface area contributed by atoms with Crippen LogP contribution in [0.5, 0.6) is 0 Å². The zero-order chi connectivity index (χ0) is 12.3. The molecule has 0 heterocycles. The fourth-order valence-corrected chi connectivity index (χ4v) is 7.09. The van der Waals surface area contributed by atoms with Crippen LogP contribution in [0.25, 0.3) is 0 Å². The average molecular weight is 244 g/mol. The maximum Gasteiger partial charge on any atom is 0.192 e. The molecule has 0 aliphatic carbocycles. The molecule has 0 aliphatic heterocycles. The van der Waals surface area contributed by atoms with Crippen molar-refractivity contribution in [3.8, 4) is 0 Å². The Kier molecular flexibility index (Phi) is 10.5. The van der Waals surface area contributed by atoms with Crippen LogP contribution < -0.4 is 0 Å². The lowest BCUT2D eigenvalue weighted by Crippen LogP contribution is -2.38. The summed E-state index contributed by atoms with van der Waals surface area (Å²) in [4.78, 5) is 0. The van der Waals surface area contributed by atoms with E-state index in [0.717, 1.165) is 6.61 Å². The summed E-state index contributed by atoms with van der Waals surface area (Å²) in [5.74, 6) is 0. The molecule has 0 radical (unpaired) electrons. The third-order valence-electron chi connectivity index (χ3n) is 3.29. The first-order valence-electron chi connectivity index (χ1n) is 7.38. The van der Waals surface area contributed by atoms with Gasteiger partial charge in [0.15, 0.2) is 8.32 Å². The van der Waals surface area contributed by atoms with E-state index in [9.17, 15) is 0 Å². The standard InChI is InChI=1S/C14H32OSi/c1-5-9-13-16(12-8-4,14-10-6-2)15-11-7-3/h5-14H2,1-4H3. The van der Waals surface area contributed by atoms with Gasteiger partial charge < -0.3 is 4.43 Å². The molecule has 0 fully saturated rings. The number of hydrogen-bond donors (Lipinski definition) is 0. The van der Waals surface area contributed by atoms with Gasteiger partial charge in [0.1, 0.15) is 0 Å². The minimum atomic E-state index is -1.36. The van der Waals surface area contributed by atoms with Gasteiger partial charge in [-0.25, -0.2) is 0 Å². The predicted octanol–water partition coefficient (Wildman–Crippen LogP) is 5.37. The highest BCUT2D eigenvalue weighted by Gasteiger charge is 2.32. The second-order valence-electron chi connectivity index (χ2n) is 4.99. The van der Waals surface area contributed by atoms with Crippen LogP contribution in [0.4, 0.5) is 0 Å². The molecule has 0 spiro atoms. The van der Waals surface area contributed by atoms with Crippen molar-refractivity contribution in [2.24, 2.45) is 0 Å². The van der Waals surface area contributed by atoms with Gasteiger partial charge in [0.05, 0.1) is 0 Å². The summed E-state index contributed by atoms with van der Waals surface area (Å²) >= 11 is 0. The van der Waals surface area contributed by atoms with E-state index < -0.39 is 8.32 Å². The summed E-state index contributed by atoms with van der Waals surface area (Å²) < 4.78 is 6.36. The summed E-state index contributed by atoms with van der Waals surface area (Å²) in [7, 11) is -1.36. The monoisotopic (exact) mass is 244 g/mol. The van der Waals surface area contributed by atoms with Gasteiger partial charge in [-0.2, -0.15) is 0 Å². The lowest BCUT2D eigenvalue weighted by Gasteiger charge is -2.31. The molecule has 0 aliphatic rings. The molecular formula is C14H32OSi. The highest BCUT2D eigenvalue weighted by Crippen LogP contribution is 2.28. The van der Waals surface area contributed by atoms with Crippen molar-refractivity contribution in [2.75, 3.05) is 6.61 Å². The summed E-state index contributed by atoms with van der Waals surface area (Å²) in [5.41, 5.74) is 0. The van der Waals surface area contributed by atoms with Crippen LogP contribution in [0.2, 0.25) is 18.1 Å². The maximum atomic E-state index is 6.36. The van der Waals surface area contributed by atoms with Gasteiger partial charge in [0.25, 0.3) is 0 Å². The first-order chi connectivity index (χ1) is 7.74. The van der Waals surface area contributed by atoms with Gasteiger partial charge in [-0.3, -0.25) is 0 Å². The van der Waals surface area contributed by atoms with Crippen LogP contribution in [-0.4, -0.2) is 14.9 Å². The molecule has 0 saturated carbocycles. The van der Waals surface area contributed by atoms with E-state index in [1.54, 1.807) is 0 Å². The SMILES string of the molecule is CCCC[Si](CCC)(CCCC)OCCC. The zero-order valence-corrected chi connectivity index (χ0v) is 13.0. The van der Waals surface area contributed by atoms with Crippen molar-refractivity contribution in [2.45, 2.75) is 84.4 Å². The molecular weight excluding hydrogens is 212 g/mol. The Bertz CT molecular complexity index is 126. The topological polar surface area (TPSA) is 9.23 Å². The van der Waals surface area contributed by atoms with E-state index in [1.807, 2.05) is 0 Å². The molecule has 16 heavy (non-hydrogen) atoms. The lowest BCUT2D eigenvalue weighted by atomic mass is 10.4. The van der Waals surface area contributed by atoms with E-state index in [1.165, 1.54) is 56.7 Å². The molecule has 0 unspecified atom stereocenters. The maximum absolute atomic E-state index is 6.36. The molecule has 0 amide bonds. The molecule has 1 nitrogen and oxygen atoms in total. The van der Waals surface area contributed by atoms with Crippen LogP contribution in [0.1, 0.15) is 66.2 Å². The van der Waals surface area contributed by atoms with Crippen LogP contribution >= 0.6 is 0 Å². The van der Waals surface area contributed by atoms with Crippen molar-refractivity contribution in [3.63, 3.8) is 0 Å². The quantitative estimate of drug-likeness (QED) is 0.444. The van der Waals surface area contributed by atoms with Crippen molar-refractivity contribution in [3.05, 3.63) is 0 Å². The van der Waals surface area contributed by atoms with E-state index >= 15 is 0 Å². The van der Waals surface area contributed by atoms with Gasteiger partial charge in [-0.1, -0.05) is 59.8 Å². The summed E-state index contributed by atoms with van der Waals surface area (Å²) in [6.45, 7) is 10.1. The molecule has 0 aromatic carbocycles. The molecule has 0 atom stereocenters. The second kappa shape index (κ2) is 10.3. The van der Waals surface area contributed by atoms with Gasteiger partial charge >= 0.3 is 0 Å². The number of unbranched alkanes of at least 4 members (excludes halogenated alkanes) is 2. The van der Waals surface area contributed by atoms with Crippen molar-refractivity contribution in [1.29, 1.82) is 0 Å². The molecule has 0 aromatic rings. The van der Waals surface area contributed by atoms with Crippen molar-refractivity contribution >= 4 is 8.32 Å². The van der Waals surface area contributed by atoms with E-state index in [2.05, 4.69) is 27.7 Å². The predicted molar refractivity (Wildman–Crippen MR) is 76.5 cm³/mol. The number of rotatable bonds is 11. The number of hydrogen-bond acceptors (Lipinski definition) is 1. The Morgan fingerprint density at radius 2 is 1.25 bits per heavy atom. The van der Waals surface area contributed by atoms with Crippen LogP contribution in [0.15, 0.2) is 0 Å². The molecule has 0 bridgehead atoms. The molecule has 0 aromatic heterocycles. The molecule has 0 N–H and O–H groups in total. The summed E-state index contributed by atoms with van der Waals surface area (Å²) in [5, 5.41) is 0. The average Bonchev–Trinajstić information content (AvgIpc) is 2.31. The minimum Gasteiger partial charge on any atom is -0.417 e. The molecule has 0 saturated heterocycles. The Morgan fingerprint density at radius 1 is 0.688 bits per heavy atom. The third kappa shape index (κ3) is 6.69. The van der Waals surface area contributed by atoms with Gasteiger partial charge in [0.2, 0.25) is 0 Å². The fraction of sp³-hybridized carbons (Fsp3) is 1.00. The van der Waals surface area contributed by atoms with Gasteiger partial charge in [0, 0.05) is 6.61 Å². The molecule has 2 heteroatoms.